The summed E-state index contributed by atoms with van der Waals surface area (Å²) >= 11 is 5.86. The molecule has 2 N–H and O–H groups in total. The van der Waals surface area contributed by atoms with Gasteiger partial charge < -0.3 is 10.6 Å². The average molecular weight is 333 g/mol. The zero-order valence-electron chi connectivity index (χ0n) is 12.6. The Balaban J connectivity index is 1.76. The Bertz CT molecular complexity index is 697. The van der Waals surface area contributed by atoms with Crippen LogP contribution in [-0.4, -0.2) is 25.0 Å². The van der Waals surface area contributed by atoms with Crippen molar-refractivity contribution >= 4 is 17.5 Å². The summed E-state index contributed by atoms with van der Waals surface area (Å²) in [5.74, 6) is -0.877. The highest BCUT2D eigenvalue weighted by Gasteiger charge is 2.18. The van der Waals surface area contributed by atoms with Crippen LogP contribution in [0, 0.1) is 5.82 Å². The summed E-state index contributed by atoms with van der Waals surface area (Å²) in [6, 6.07) is 11.9. The molecule has 120 valence electrons. The zero-order chi connectivity index (χ0) is 16.2. The Morgan fingerprint density at radius 1 is 1.17 bits per heavy atom. The fraction of sp³-hybridized carbons (Fsp3) is 0.278. The molecule has 0 radical (unpaired) electrons. The summed E-state index contributed by atoms with van der Waals surface area (Å²) in [7, 11) is 0. The van der Waals surface area contributed by atoms with Crippen molar-refractivity contribution in [2.75, 3.05) is 13.1 Å². The predicted octanol–water partition coefficient (Wildman–Crippen LogP) is 3.63. The summed E-state index contributed by atoms with van der Waals surface area (Å²) in [6.07, 6.45) is 1.94. The number of carbonyl (C=O) groups is 1. The maximum absolute atomic E-state index is 14.3. The lowest BCUT2D eigenvalue weighted by Crippen LogP contribution is -2.45. The smallest absolute Gasteiger partial charge is 0.254 e. The summed E-state index contributed by atoms with van der Waals surface area (Å²) in [5.41, 5.74) is 1.65. The summed E-state index contributed by atoms with van der Waals surface area (Å²) < 4.78 is 14.3. The van der Waals surface area contributed by atoms with Crippen molar-refractivity contribution in [1.29, 1.82) is 0 Å². The first kappa shape index (κ1) is 16.0. The number of halogens is 2. The van der Waals surface area contributed by atoms with Crippen LogP contribution in [0.1, 0.15) is 23.2 Å². The van der Waals surface area contributed by atoms with E-state index in [1.807, 2.05) is 12.1 Å². The molecule has 1 atom stereocenters. The third-order valence-electron chi connectivity index (χ3n) is 4.02. The molecule has 0 aliphatic carbocycles. The van der Waals surface area contributed by atoms with E-state index >= 15 is 0 Å². The lowest BCUT2D eigenvalue weighted by atomic mass is 10.0. The topological polar surface area (TPSA) is 41.1 Å². The first-order valence-electron chi connectivity index (χ1n) is 7.70. The lowest BCUT2D eigenvalue weighted by molar-refractivity contribution is 0.0926. The van der Waals surface area contributed by atoms with E-state index in [0.717, 1.165) is 37.1 Å². The molecule has 5 heteroatoms. The highest BCUT2D eigenvalue weighted by Crippen LogP contribution is 2.23. The number of rotatable bonds is 3. The molecule has 1 heterocycles. The predicted molar refractivity (Wildman–Crippen MR) is 90.2 cm³/mol. The van der Waals surface area contributed by atoms with E-state index in [-0.39, 0.29) is 17.5 Å². The van der Waals surface area contributed by atoms with Crippen LogP contribution in [0.2, 0.25) is 5.02 Å². The number of hydrogen-bond donors (Lipinski definition) is 2. The van der Waals surface area contributed by atoms with Crippen molar-refractivity contribution in [2.24, 2.45) is 0 Å². The van der Waals surface area contributed by atoms with Crippen LogP contribution >= 0.6 is 11.6 Å². The van der Waals surface area contributed by atoms with E-state index < -0.39 is 5.82 Å². The number of amides is 1. The second kappa shape index (κ2) is 7.11. The SMILES string of the molecule is O=C(N[C@H]1CCCNC1)c1ccc(-c2ccc(Cl)cc2)cc1F. The number of benzene rings is 2. The van der Waals surface area contributed by atoms with E-state index in [2.05, 4.69) is 10.6 Å². The monoisotopic (exact) mass is 332 g/mol. The van der Waals surface area contributed by atoms with Crippen molar-refractivity contribution in [3.8, 4) is 11.1 Å². The van der Waals surface area contributed by atoms with E-state index in [4.69, 9.17) is 11.6 Å². The Hall–Kier alpha value is -1.91. The molecule has 1 saturated heterocycles. The maximum Gasteiger partial charge on any atom is 0.254 e. The van der Waals surface area contributed by atoms with Crippen LogP contribution < -0.4 is 10.6 Å². The Kier molecular flexibility index (Phi) is 4.94. The summed E-state index contributed by atoms with van der Waals surface area (Å²) in [6.45, 7) is 1.70. The van der Waals surface area contributed by atoms with Crippen LogP contribution in [0.3, 0.4) is 0 Å². The molecule has 0 bridgehead atoms. The molecule has 0 aromatic heterocycles. The van der Waals surface area contributed by atoms with Gasteiger partial charge in [0.2, 0.25) is 0 Å². The minimum absolute atomic E-state index is 0.0617. The van der Waals surface area contributed by atoms with Gasteiger partial charge >= 0.3 is 0 Å². The van der Waals surface area contributed by atoms with Crippen molar-refractivity contribution in [3.63, 3.8) is 0 Å². The number of hydrogen-bond acceptors (Lipinski definition) is 2. The van der Waals surface area contributed by atoms with Gasteiger partial charge in [0.15, 0.2) is 0 Å². The molecule has 0 saturated carbocycles. The molecule has 1 fully saturated rings. The number of carbonyl (C=O) groups excluding carboxylic acids is 1. The fourth-order valence-corrected chi connectivity index (χ4v) is 2.89. The molecule has 0 spiro atoms. The molecule has 2 aromatic rings. The summed E-state index contributed by atoms with van der Waals surface area (Å²) in [4.78, 5) is 12.2. The van der Waals surface area contributed by atoms with Crippen LogP contribution in [0.5, 0.6) is 0 Å². The molecule has 23 heavy (non-hydrogen) atoms. The molecule has 3 nitrogen and oxygen atoms in total. The molecular weight excluding hydrogens is 315 g/mol. The average Bonchev–Trinajstić information content (AvgIpc) is 2.56. The van der Waals surface area contributed by atoms with Crippen LogP contribution in [0.15, 0.2) is 42.5 Å². The summed E-state index contributed by atoms with van der Waals surface area (Å²) in [5, 5.41) is 6.74. The van der Waals surface area contributed by atoms with Gasteiger partial charge in [-0.15, -0.1) is 0 Å². The quantitative estimate of drug-likeness (QED) is 0.901. The molecule has 3 rings (SSSR count). The van der Waals surface area contributed by atoms with Crippen molar-refractivity contribution in [1.82, 2.24) is 10.6 Å². The van der Waals surface area contributed by atoms with Gasteiger partial charge in [-0.2, -0.15) is 0 Å². The van der Waals surface area contributed by atoms with Gasteiger partial charge in [0.1, 0.15) is 5.82 Å². The highest BCUT2D eigenvalue weighted by atomic mass is 35.5. The minimum atomic E-state index is -0.515. The fourth-order valence-electron chi connectivity index (χ4n) is 2.76. The lowest BCUT2D eigenvalue weighted by Gasteiger charge is -2.23. The molecule has 1 amide bonds. The number of piperidine rings is 1. The Labute approximate surface area is 139 Å². The van der Waals surface area contributed by atoms with Gasteiger partial charge in [0.25, 0.3) is 5.91 Å². The van der Waals surface area contributed by atoms with Gasteiger partial charge in [-0.25, -0.2) is 4.39 Å². The third kappa shape index (κ3) is 3.89. The van der Waals surface area contributed by atoms with Gasteiger partial charge in [-0.05, 0) is 54.8 Å². The molecule has 1 aliphatic heterocycles. The van der Waals surface area contributed by atoms with Crippen molar-refractivity contribution < 1.29 is 9.18 Å². The largest absolute Gasteiger partial charge is 0.348 e. The molecule has 0 unspecified atom stereocenters. The second-order valence-corrected chi connectivity index (χ2v) is 6.15. The first-order valence-corrected chi connectivity index (χ1v) is 8.08. The van der Waals surface area contributed by atoms with Crippen molar-refractivity contribution in [3.05, 3.63) is 58.9 Å². The number of nitrogens with one attached hydrogen (secondary N) is 2. The highest BCUT2D eigenvalue weighted by molar-refractivity contribution is 6.30. The molecule has 1 aliphatic rings. The standard InChI is InChI=1S/C18H18ClFN2O/c19-14-6-3-12(4-7-14)13-5-8-16(17(20)10-13)18(23)22-15-2-1-9-21-11-15/h3-8,10,15,21H,1-2,9,11H2,(H,22,23)/t15-/m0/s1. The van der Waals surface area contributed by atoms with E-state index in [1.54, 1.807) is 18.2 Å². The minimum Gasteiger partial charge on any atom is -0.348 e. The maximum atomic E-state index is 14.3. The van der Waals surface area contributed by atoms with Gasteiger partial charge in [-0.1, -0.05) is 29.8 Å². The van der Waals surface area contributed by atoms with Crippen LogP contribution in [-0.2, 0) is 0 Å². The molecular formula is C18H18ClFN2O. The zero-order valence-corrected chi connectivity index (χ0v) is 13.4. The Morgan fingerprint density at radius 3 is 2.57 bits per heavy atom. The second-order valence-electron chi connectivity index (χ2n) is 5.72. The van der Waals surface area contributed by atoms with Crippen LogP contribution in [0.25, 0.3) is 11.1 Å². The van der Waals surface area contributed by atoms with E-state index in [0.29, 0.717) is 5.02 Å². The first-order chi connectivity index (χ1) is 11.1. The van der Waals surface area contributed by atoms with Crippen molar-refractivity contribution in [2.45, 2.75) is 18.9 Å². The third-order valence-corrected chi connectivity index (χ3v) is 4.28. The van der Waals surface area contributed by atoms with E-state index in [9.17, 15) is 9.18 Å². The van der Waals surface area contributed by atoms with E-state index in [1.165, 1.54) is 12.1 Å². The van der Waals surface area contributed by atoms with Gasteiger partial charge in [-0.3, -0.25) is 4.79 Å². The van der Waals surface area contributed by atoms with Gasteiger partial charge in [0.05, 0.1) is 5.56 Å². The van der Waals surface area contributed by atoms with Gasteiger partial charge in [0, 0.05) is 17.6 Å². The van der Waals surface area contributed by atoms with Crippen LogP contribution in [0.4, 0.5) is 4.39 Å². The molecule has 2 aromatic carbocycles. The normalized spacial score (nSPS) is 17.7. The Morgan fingerprint density at radius 2 is 1.91 bits per heavy atom.